The van der Waals surface area contributed by atoms with Crippen LogP contribution in [-0.2, 0) is 11.3 Å². The van der Waals surface area contributed by atoms with Gasteiger partial charge in [-0.05, 0) is 67.8 Å². The zero-order valence-electron chi connectivity index (χ0n) is 15.8. The van der Waals surface area contributed by atoms with Crippen LogP contribution < -0.4 is 0 Å². The van der Waals surface area contributed by atoms with Crippen LogP contribution in [0.1, 0.15) is 36.8 Å². The number of hydrogen-bond acceptors (Lipinski definition) is 4. The number of fused-ring (bicyclic) bond motifs is 1. The normalized spacial score (nSPS) is 28.7. The number of nitriles is 1. The molecule has 4 nitrogen and oxygen atoms in total. The van der Waals surface area contributed by atoms with E-state index in [1.54, 1.807) is 0 Å². The smallest absolute Gasteiger partial charge is 0.0991 e. The van der Waals surface area contributed by atoms with Gasteiger partial charge >= 0.3 is 0 Å². The van der Waals surface area contributed by atoms with E-state index in [-0.39, 0.29) is 0 Å². The number of hydrogen-bond donors (Lipinski definition) is 0. The highest BCUT2D eigenvalue weighted by Crippen LogP contribution is 2.51. The maximum Gasteiger partial charge on any atom is 0.0991 e. The SMILES string of the molecule is N#Cc1cccc(CN2C[C@@H]3[C@H](COCCCN4CCCCC4)[C@@H]3C2)c1. The highest BCUT2D eigenvalue weighted by Gasteiger charge is 2.55. The van der Waals surface area contributed by atoms with E-state index in [9.17, 15) is 0 Å². The largest absolute Gasteiger partial charge is 0.381 e. The van der Waals surface area contributed by atoms with E-state index in [1.807, 2.05) is 18.2 Å². The Labute approximate surface area is 157 Å². The molecule has 2 heterocycles. The Morgan fingerprint density at radius 1 is 1.08 bits per heavy atom. The molecule has 26 heavy (non-hydrogen) atoms. The zero-order chi connectivity index (χ0) is 17.8. The summed E-state index contributed by atoms with van der Waals surface area (Å²) < 4.78 is 5.99. The van der Waals surface area contributed by atoms with Gasteiger partial charge in [-0.1, -0.05) is 18.6 Å². The first kappa shape index (κ1) is 18.0. The molecule has 4 rings (SSSR count). The van der Waals surface area contributed by atoms with Gasteiger partial charge in [-0.15, -0.1) is 0 Å². The van der Waals surface area contributed by atoms with Crippen molar-refractivity contribution in [3.63, 3.8) is 0 Å². The number of nitrogens with zero attached hydrogens (tertiary/aromatic N) is 3. The van der Waals surface area contributed by atoms with E-state index in [4.69, 9.17) is 10.00 Å². The third kappa shape index (κ3) is 4.46. The van der Waals surface area contributed by atoms with Crippen molar-refractivity contribution in [2.24, 2.45) is 17.8 Å². The Bertz CT molecular complexity index is 623. The summed E-state index contributed by atoms with van der Waals surface area (Å²) in [5, 5.41) is 9.02. The van der Waals surface area contributed by atoms with Gasteiger partial charge in [-0.25, -0.2) is 0 Å². The van der Waals surface area contributed by atoms with Crippen LogP contribution >= 0.6 is 0 Å². The van der Waals surface area contributed by atoms with Gasteiger partial charge in [0.25, 0.3) is 0 Å². The first-order chi connectivity index (χ1) is 12.8. The van der Waals surface area contributed by atoms with E-state index in [0.717, 1.165) is 43.1 Å². The number of ether oxygens (including phenoxy) is 1. The lowest BCUT2D eigenvalue weighted by Crippen LogP contribution is -2.31. The van der Waals surface area contributed by atoms with Crippen LogP contribution in [0.25, 0.3) is 0 Å². The van der Waals surface area contributed by atoms with Crippen molar-refractivity contribution in [2.75, 3.05) is 45.9 Å². The van der Waals surface area contributed by atoms with E-state index >= 15 is 0 Å². The first-order valence-corrected chi connectivity index (χ1v) is 10.3. The van der Waals surface area contributed by atoms with Gasteiger partial charge in [0.05, 0.1) is 18.2 Å². The summed E-state index contributed by atoms with van der Waals surface area (Å²) in [4.78, 5) is 5.14. The molecule has 1 aliphatic carbocycles. The monoisotopic (exact) mass is 353 g/mol. The van der Waals surface area contributed by atoms with Gasteiger partial charge < -0.3 is 9.64 Å². The zero-order valence-corrected chi connectivity index (χ0v) is 15.8. The minimum atomic E-state index is 0.766. The molecule has 1 saturated carbocycles. The van der Waals surface area contributed by atoms with Crippen molar-refractivity contribution in [3.8, 4) is 6.07 Å². The molecule has 3 fully saturated rings. The van der Waals surface area contributed by atoms with Crippen molar-refractivity contribution in [2.45, 2.75) is 32.2 Å². The first-order valence-electron chi connectivity index (χ1n) is 10.3. The summed E-state index contributed by atoms with van der Waals surface area (Å²) in [5.41, 5.74) is 2.03. The maximum atomic E-state index is 9.02. The standard InChI is InChI=1S/C22H31N3O/c23-13-18-6-4-7-19(12-18)14-25-15-20-21(16-25)22(20)17-26-11-5-10-24-8-2-1-3-9-24/h4,6-7,12,20-22H,1-3,5,8-11,14-17H2/t20-,21+,22-. The maximum absolute atomic E-state index is 9.02. The molecule has 140 valence electrons. The molecule has 3 atom stereocenters. The quantitative estimate of drug-likeness (QED) is 0.673. The van der Waals surface area contributed by atoms with E-state index in [1.165, 1.54) is 64.0 Å². The van der Waals surface area contributed by atoms with E-state index in [0.29, 0.717) is 0 Å². The van der Waals surface area contributed by atoms with Crippen LogP contribution in [0, 0.1) is 29.1 Å². The second kappa shape index (κ2) is 8.52. The van der Waals surface area contributed by atoms with Crippen LogP contribution in [0.3, 0.4) is 0 Å². The second-order valence-corrected chi connectivity index (χ2v) is 8.33. The fourth-order valence-electron chi connectivity index (χ4n) is 4.90. The molecule has 3 aliphatic rings. The molecule has 0 bridgehead atoms. The van der Waals surface area contributed by atoms with E-state index < -0.39 is 0 Å². The third-order valence-corrected chi connectivity index (χ3v) is 6.43. The summed E-state index contributed by atoms with van der Waals surface area (Å²) in [6.07, 6.45) is 5.36. The van der Waals surface area contributed by atoms with Gasteiger partial charge in [0, 0.05) is 32.8 Å². The minimum Gasteiger partial charge on any atom is -0.381 e. The topological polar surface area (TPSA) is 39.5 Å². The summed E-state index contributed by atoms with van der Waals surface area (Å²) >= 11 is 0. The second-order valence-electron chi connectivity index (χ2n) is 8.33. The minimum absolute atomic E-state index is 0.766. The summed E-state index contributed by atoms with van der Waals surface area (Å²) in [6, 6.07) is 10.3. The molecule has 2 aliphatic heterocycles. The van der Waals surface area contributed by atoms with Crippen LogP contribution in [0.5, 0.6) is 0 Å². The fraction of sp³-hybridized carbons (Fsp3) is 0.682. The molecule has 4 heteroatoms. The lowest BCUT2D eigenvalue weighted by atomic mass is 10.1. The molecule has 0 spiro atoms. The lowest BCUT2D eigenvalue weighted by Gasteiger charge is -2.26. The van der Waals surface area contributed by atoms with E-state index in [2.05, 4.69) is 21.9 Å². The Kier molecular flexibility index (Phi) is 5.89. The molecular weight excluding hydrogens is 322 g/mol. The van der Waals surface area contributed by atoms with Gasteiger partial charge in [-0.3, -0.25) is 4.90 Å². The summed E-state index contributed by atoms with van der Waals surface area (Å²) in [6.45, 7) is 9.06. The number of rotatable bonds is 8. The Balaban J connectivity index is 1.09. The average molecular weight is 354 g/mol. The Morgan fingerprint density at radius 2 is 1.88 bits per heavy atom. The Hall–Kier alpha value is -1.41. The Morgan fingerprint density at radius 3 is 2.65 bits per heavy atom. The predicted molar refractivity (Wildman–Crippen MR) is 103 cm³/mol. The molecule has 0 amide bonds. The van der Waals surface area contributed by atoms with Gasteiger partial charge in [0.1, 0.15) is 0 Å². The average Bonchev–Trinajstić information content (AvgIpc) is 3.13. The number of piperidine rings is 2. The van der Waals surface area contributed by atoms with Gasteiger partial charge in [-0.2, -0.15) is 5.26 Å². The molecule has 1 aromatic carbocycles. The molecule has 2 saturated heterocycles. The van der Waals surface area contributed by atoms with Crippen molar-refractivity contribution in [1.29, 1.82) is 5.26 Å². The summed E-state index contributed by atoms with van der Waals surface area (Å²) in [7, 11) is 0. The van der Waals surface area contributed by atoms with Gasteiger partial charge in [0.15, 0.2) is 0 Å². The van der Waals surface area contributed by atoms with Crippen LogP contribution in [0.15, 0.2) is 24.3 Å². The van der Waals surface area contributed by atoms with Crippen LogP contribution in [0.2, 0.25) is 0 Å². The lowest BCUT2D eigenvalue weighted by molar-refractivity contribution is 0.0967. The molecule has 0 radical (unpaired) electrons. The number of benzene rings is 1. The highest BCUT2D eigenvalue weighted by molar-refractivity contribution is 5.32. The van der Waals surface area contributed by atoms with Crippen molar-refractivity contribution >= 4 is 0 Å². The molecule has 0 unspecified atom stereocenters. The molecule has 0 N–H and O–H groups in total. The third-order valence-electron chi connectivity index (χ3n) is 6.43. The molecule has 0 aromatic heterocycles. The van der Waals surface area contributed by atoms with Gasteiger partial charge in [0.2, 0.25) is 0 Å². The van der Waals surface area contributed by atoms with Crippen LogP contribution in [0.4, 0.5) is 0 Å². The van der Waals surface area contributed by atoms with Crippen molar-refractivity contribution in [3.05, 3.63) is 35.4 Å². The molecular formula is C22H31N3O. The fourth-order valence-corrected chi connectivity index (χ4v) is 4.90. The summed E-state index contributed by atoms with van der Waals surface area (Å²) in [5.74, 6) is 2.49. The predicted octanol–water partition coefficient (Wildman–Crippen LogP) is 3.13. The molecule has 1 aromatic rings. The van der Waals surface area contributed by atoms with Crippen molar-refractivity contribution < 1.29 is 4.74 Å². The van der Waals surface area contributed by atoms with Crippen LogP contribution in [-0.4, -0.2) is 55.7 Å². The number of likely N-dealkylation sites (tertiary alicyclic amines) is 2. The van der Waals surface area contributed by atoms with Crippen molar-refractivity contribution in [1.82, 2.24) is 9.80 Å². The highest BCUT2D eigenvalue weighted by atomic mass is 16.5.